The number of amides is 1. The van der Waals surface area contributed by atoms with E-state index in [9.17, 15) is 14.4 Å². The van der Waals surface area contributed by atoms with E-state index < -0.39 is 5.82 Å². The summed E-state index contributed by atoms with van der Waals surface area (Å²) in [6.45, 7) is 1.73. The Balaban J connectivity index is 1.73. The maximum Gasteiger partial charge on any atom is 0.320 e. The third kappa shape index (κ3) is 2.86. The highest BCUT2D eigenvalue weighted by Gasteiger charge is 2.27. The number of halogens is 1. The van der Waals surface area contributed by atoms with Crippen molar-refractivity contribution in [2.24, 2.45) is 0 Å². The van der Waals surface area contributed by atoms with Crippen molar-refractivity contribution < 1.29 is 13.9 Å². The number of aromatic nitrogens is 1. The van der Waals surface area contributed by atoms with Crippen LogP contribution in [0.4, 0.5) is 10.1 Å². The van der Waals surface area contributed by atoms with Crippen molar-refractivity contribution in [3.63, 3.8) is 0 Å². The third-order valence-corrected chi connectivity index (χ3v) is 4.05. The molecule has 6 nitrogen and oxygen atoms in total. The highest BCUT2D eigenvalue weighted by molar-refractivity contribution is 5.91. The number of nitrogens with zero attached hydrogens (tertiary/aromatic N) is 4. The number of hydrogen-bond donors (Lipinski definition) is 0. The zero-order valence-electron chi connectivity index (χ0n) is 12.9. The number of carbonyl (C=O) groups is 1. The quantitative estimate of drug-likeness (QED) is 0.616. The normalized spacial score (nSPS) is 14.3. The Bertz CT molecular complexity index is 810. The van der Waals surface area contributed by atoms with Crippen LogP contribution in [0.25, 0.3) is 0 Å². The first-order valence-corrected chi connectivity index (χ1v) is 7.53. The predicted octanol–water partition coefficient (Wildman–Crippen LogP) is 1.29. The summed E-state index contributed by atoms with van der Waals surface area (Å²) >= 11 is 0. The van der Waals surface area contributed by atoms with E-state index in [1.807, 2.05) is 11.0 Å². The predicted molar refractivity (Wildman–Crippen MR) is 84.6 cm³/mol. The summed E-state index contributed by atoms with van der Waals surface area (Å²) in [6, 6.07) is 11.1. The molecule has 1 fully saturated rings. The fraction of sp³-hybridized carbons (Fsp3) is 0.235. The van der Waals surface area contributed by atoms with Crippen LogP contribution in [-0.2, 0) is 0 Å². The fourth-order valence-electron chi connectivity index (χ4n) is 2.79. The van der Waals surface area contributed by atoms with E-state index in [-0.39, 0.29) is 17.2 Å². The van der Waals surface area contributed by atoms with Crippen LogP contribution in [0.3, 0.4) is 0 Å². The summed E-state index contributed by atoms with van der Waals surface area (Å²) < 4.78 is 14.3. The maximum absolute atomic E-state index is 13.7. The van der Waals surface area contributed by atoms with Crippen molar-refractivity contribution in [1.29, 1.82) is 5.26 Å². The van der Waals surface area contributed by atoms with Gasteiger partial charge in [-0.05, 0) is 18.2 Å². The van der Waals surface area contributed by atoms with E-state index in [0.29, 0.717) is 36.6 Å². The Morgan fingerprint density at radius 1 is 1.17 bits per heavy atom. The van der Waals surface area contributed by atoms with Crippen molar-refractivity contribution in [3.05, 3.63) is 64.9 Å². The zero-order chi connectivity index (χ0) is 17.1. The van der Waals surface area contributed by atoms with Gasteiger partial charge in [-0.25, -0.2) is 4.39 Å². The summed E-state index contributed by atoms with van der Waals surface area (Å²) in [5.41, 5.74) is 0.621. The molecule has 1 aromatic heterocycles. The van der Waals surface area contributed by atoms with Gasteiger partial charge in [0.15, 0.2) is 6.20 Å². The molecule has 2 aromatic rings. The standard InChI is InChI=1S/C17H15FN4O2/c18-14-4-3-6-15(13(14)12-19)20-8-10-21(11-9-20)17(23)16-5-1-2-7-22(16)24/h1-7H,8-11H2. The minimum atomic E-state index is -0.551. The van der Waals surface area contributed by atoms with Crippen LogP contribution in [0.15, 0.2) is 42.6 Å². The summed E-state index contributed by atoms with van der Waals surface area (Å²) in [4.78, 5) is 15.9. The number of hydrogen-bond acceptors (Lipinski definition) is 4. The SMILES string of the molecule is N#Cc1c(F)cccc1N1CCN(C(=O)c2cccc[n+]2[O-])CC1. The van der Waals surface area contributed by atoms with Crippen LogP contribution < -0.4 is 9.63 Å². The third-order valence-electron chi connectivity index (χ3n) is 4.05. The monoisotopic (exact) mass is 326 g/mol. The van der Waals surface area contributed by atoms with E-state index in [2.05, 4.69) is 0 Å². The van der Waals surface area contributed by atoms with E-state index in [0.717, 1.165) is 0 Å². The van der Waals surface area contributed by atoms with Gasteiger partial charge in [0.05, 0.1) is 5.69 Å². The Morgan fingerprint density at radius 2 is 1.92 bits per heavy atom. The molecule has 0 bridgehead atoms. The molecule has 2 heterocycles. The summed E-state index contributed by atoms with van der Waals surface area (Å²) in [6.07, 6.45) is 1.29. The van der Waals surface area contributed by atoms with E-state index >= 15 is 0 Å². The Hall–Kier alpha value is -3.14. The van der Waals surface area contributed by atoms with Crippen molar-refractivity contribution in [3.8, 4) is 6.07 Å². The van der Waals surface area contributed by atoms with Gasteiger partial charge in [0.1, 0.15) is 17.4 Å². The number of anilines is 1. The average molecular weight is 326 g/mol. The smallest absolute Gasteiger partial charge is 0.320 e. The van der Waals surface area contributed by atoms with Gasteiger partial charge in [0.2, 0.25) is 0 Å². The largest absolute Gasteiger partial charge is 0.618 e. The number of nitriles is 1. The lowest BCUT2D eigenvalue weighted by atomic mass is 10.1. The molecule has 1 aliphatic heterocycles. The number of pyridine rings is 1. The molecule has 3 rings (SSSR count). The van der Waals surface area contributed by atoms with Gasteiger partial charge in [0, 0.05) is 38.3 Å². The minimum Gasteiger partial charge on any atom is -0.618 e. The molecule has 0 saturated carbocycles. The summed E-state index contributed by atoms with van der Waals surface area (Å²) in [7, 11) is 0. The number of piperazine rings is 1. The lowest BCUT2D eigenvalue weighted by molar-refractivity contribution is -0.608. The number of carbonyl (C=O) groups excluding carboxylic acids is 1. The summed E-state index contributed by atoms with van der Waals surface area (Å²) in [5, 5.41) is 20.8. The molecule has 7 heteroatoms. The van der Waals surface area contributed by atoms with Gasteiger partial charge in [-0.3, -0.25) is 4.79 Å². The maximum atomic E-state index is 13.7. The zero-order valence-corrected chi connectivity index (χ0v) is 12.9. The van der Waals surface area contributed by atoms with E-state index in [4.69, 9.17) is 5.26 Å². The molecule has 1 aliphatic rings. The van der Waals surface area contributed by atoms with E-state index in [1.165, 1.54) is 18.3 Å². The van der Waals surface area contributed by atoms with Gasteiger partial charge >= 0.3 is 5.91 Å². The second-order valence-electron chi connectivity index (χ2n) is 5.44. The topological polar surface area (TPSA) is 74.3 Å². The molecule has 1 saturated heterocycles. The Labute approximate surface area is 138 Å². The van der Waals surface area contributed by atoms with Crippen LogP contribution in [-0.4, -0.2) is 37.0 Å². The van der Waals surface area contributed by atoms with Crippen molar-refractivity contribution in [1.82, 2.24) is 4.90 Å². The lowest BCUT2D eigenvalue weighted by Crippen LogP contribution is -2.51. The number of rotatable bonds is 2. The fourth-order valence-corrected chi connectivity index (χ4v) is 2.79. The van der Waals surface area contributed by atoms with Gasteiger partial charge in [-0.1, -0.05) is 6.07 Å². The van der Waals surface area contributed by atoms with Crippen molar-refractivity contribution in [2.45, 2.75) is 0 Å². The van der Waals surface area contributed by atoms with Crippen LogP contribution >= 0.6 is 0 Å². The summed E-state index contributed by atoms with van der Waals surface area (Å²) in [5.74, 6) is -0.879. The molecule has 0 atom stereocenters. The van der Waals surface area contributed by atoms with Crippen molar-refractivity contribution in [2.75, 3.05) is 31.1 Å². The molecule has 0 radical (unpaired) electrons. The Morgan fingerprint density at radius 3 is 2.58 bits per heavy atom. The molecule has 24 heavy (non-hydrogen) atoms. The molecular formula is C17H15FN4O2. The van der Waals surface area contributed by atoms with Crippen molar-refractivity contribution >= 4 is 11.6 Å². The first kappa shape index (κ1) is 15.7. The first-order valence-electron chi connectivity index (χ1n) is 7.53. The first-order chi connectivity index (χ1) is 11.6. The molecular weight excluding hydrogens is 311 g/mol. The van der Waals surface area contributed by atoms with Crippen LogP contribution in [0.1, 0.15) is 16.1 Å². The van der Waals surface area contributed by atoms with Crippen LogP contribution in [0.2, 0.25) is 0 Å². The van der Waals surface area contributed by atoms with Gasteiger partial charge < -0.3 is 15.0 Å². The molecule has 122 valence electrons. The van der Waals surface area contributed by atoms with Crippen LogP contribution in [0.5, 0.6) is 0 Å². The highest BCUT2D eigenvalue weighted by Crippen LogP contribution is 2.23. The molecule has 1 aromatic carbocycles. The molecule has 0 N–H and O–H groups in total. The average Bonchev–Trinajstić information content (AvgIpc) is 2.61. The van der Waals surface area contributed by atoms with E-state index in [1.54, 1.807) is 29.2 Å². The van der Waals surface area contributed by atoms with Crippen LogP contribution in [0, 0.1) is 22.4 Å². The highest BCUT2D eigenvalue weighted by atomic mass is 19.1. The molecule has 0 unspecified atom stereocenters. The van der Waals surface area contributed by atoms with Gasteiger partial charge in [-0.2, -0.15) is 9.99 Å². The second-order valence-corrected chi connectivity index (χ2v) is 5.44. The Kier molecular flexibility index (Phi) is 4.29. The number of benzene rings is 1. The molecule has 1 amide bonds. The van der Waals surface area contributed by atoms with Gasteiger partial charge in [0.25, 0.3) is 5.69 Å². The molecule has 0 aliphatic carbocycles. The second kappa shape index (κ2) is 6.54. The lowest BCUT2D eigenvalue weighted by Gasteiger charge is -2.36. The van der Waals surface area contributed by atoms with Gasteiger partial charge in [-0.15, -0.1) is 0 Å². The molecule has 0 spiro atoms. The minimum absolute atomic E-state index is 0.0118.